The highest BCUT2D eigenvalue weighted by molar-refractivity contribution is 5.88. The third-order valence-electron chi connectivity index (χ3n) is 2.52. The number of rotatable bonds is 4. The van der Waals surface area contributed by atoms with E-state index in [1.165, 1.54) is 7.11 Å². The van der Waals surface area contributed by atoms with Crippen LogP contribution in [-0.2, 0) is 9.47 Å². The van der Waals surface area contributed by atoms with Gasteiger partial charge in [-0.1, -0.05) is 0 Å². The zero-order valence-electron chi connectivity index (χ0n) is 12.3. The molecule has 2 atom stereocenters. The predicted octanol–water partition coefficient (Wildman–Crippen LogP) is 1.97. The predicted molar refractivity (Wildman–Crippen MR) is 69.8 cm³/mol. The lowest BCUT2D eigenvalue weighted by molar-refractivity contribution is -0.0647. The average Bonchev–Trinajstić information content (AvgIpc) is 2.67. The Balaban J connectivity index is 2.89. The standard InChI is InChI=1S/C13H22N2O4/c1-7(19-13(3,4)5)9(14)11-15-10(8(2)18-11)12(16)17-6/h7,9H,14H2,1-6H3/t7-,9+/m1/s1. The normalized spacial score (nSPS) is 15.1. The van der Waals surface area contributed by atoms with E-state index in [1.54, 1.807) is 6.92 Å². The van der Waals surface area contributed by atoms with E-state index in [0.717, 1.165) is 0 Å². The lowest BCUT2D eigenvalue weighted by atomic mass is 10.1. The maximum atomic E-state index is 11.5. The summed E-state index contributed by atoms with van der Waals surface area (Å²) in [6, 6.07) is -0.545. The molecule has 0 unspecified atom stereocenters. The van der Waals surface area contributed by atoms with Crippen molar-refractivity contribution >= 4 is 5.97 Å². The molecule has 19 heavy (non-hydrogen) atoms. The minimum Gasteiger partial charge on any atom is -0.464 e. The summed E-state index contributed by atoms with van der Waals surface area (Å²) in [6.45, 7) is 9.31. The number of oxazole rings is 1. The number of nitrogens with two attached hydrogens (primary N) is 1. The summed E-state index contributed by atoms with van der Waals surface area (Å²) in [5, 5.41) is 0. The molecule has 1 aromatic heterocycles. The Labute approximate surface area is 113 Å². The number of carbonyl (C=O) groups is 1. The summed E-state index contributed by atoms with van der Waals surface area (Å²) >= 11 is 0. The van der Waals surface area contributed by atoms with Gasteiger partial charge in [0, 0.05) is 0 Å². The van der Waals surface area contributed by atoms with Crippen molar-refractivity contribution in [3.05, 3.63) is 17.3 Å². The van der Waals surface area contributed by atoms with Crippen LogP contribution in [0, 0.1) is 6.92 Å². The number of ether oxygens (including phenoxy) is 2. The fourth-order valence-electron chi connectivity index (χ4n) is 1.68. The van der Waals surface area contributed by atoms with Gasteiger partial charge in [0.2, 0.25) is 5.89 Å². The first-order valence-electron chi connectivity index (χ1n) is 6.14. The first-order chi connectivity index (χ1) is 8.65. The van der Waals surface area contributed by atoms with Crippen molar-refractivity contribution in [2.45, 2.75) is 52.4 Å². The van der Waals surface area contributed by atoms with Crippen LogP contribution in [0.3, 0.4) is 0 Å². The molecule has 2 N–H and O–H groups in total. The minimum atomic E-state index is -0.545. The van der Waals surface area contributed by atoms with Crippen LogP contribution in [0.4, 0.5) is 0 Å². The summed E-state index contributed by atoms with van der Waals surface area (Å²) in [5.74, 6) is 0.124. The molecule has 1 heterocycles. The van der Waals surface area contributed by atoms with Gasteiger partial charge in [-0.15, -0.1) is 0 Å². The van der Waals surface area contributed by atoms with Crippen molar-refractivity contribution < 1.29 is 18.7 Å². The molecule has 0 saturated heterocycles. The number of nitrogens with zero attached hydrogens (tertiary/aromatic N) is 1. The van der Waals surface area contributed by atoms with Gasteiger partial charge in [-0.2, -0.15) is 0 Å². The van der Waals surface area contributed by atoms with Crippen LogP contribution >= 0.6 is 0 Å². The zero-order valence-corrected chi connectivity index (χ0v) is 12.3. The van der Waals surface area contributed by atoms with E-state index < -0.39 is 12.0 Å². The summed E-state index contributed by atoms with van der Waals surface area (Å²) in [6.07, 6.45) is -0.288. The van der Waals surface area contributed by atoms with E-state index in [4.69, 9.17) is 14.9 Å². The zero-order chi connectivity index (χ0) is 14.8. The molecule has 0 aliphatic carbocycles. The molecule has 0 radical (unpaired) electrons. The molecule has 0 aliphatic rings. The fraction of sp³-hybridized carbons (Fsp3) is 0.692. The van der Waals surface area contributed by atoms with E-state index in [-0.39, 0.29) is 23.3 Å². The lowest BCUT2D eigenvalue weighted by Gasteiger charge is -2.27. The van der Waals surface area contributed by atoms with Gasteiger partial charge >= 0.3 is 5.97 Å². The van der Waals surface area contributed by atoms with Crippen molar-refractivity contribution in [2.75, 3.05) is 7.11 Å². The van der Waals surface area contributed by atoms with Crippen molar-refractivity contribution in [2.24, 2.45) is 5.73 Å². The summed E-state index contributed by atoms with van der Waals surface area (Å²) in [4.78, 5) is 15.5. The number of carbonyl (C=O) groups excluding carboxylic acids is 1. The number of esters is 1. The molecule has 0 fully saturated rings. The molecule has 6 nitrogen and oxygen atoms in total. The molecule has 6 heteroatoms. The number of aromatic nitrogens is 1. The van der Waals surface area contributed by atoms with E-state index in [9.17, 15) is 4.79 Å². The highest BCUT2D eigenvalue weighted by atomic mass is 16.5. The SMILES string of the molecule is COC(=O)c1nc([C@@H](N)[C@@H](C)OC(C)(C)C)oc1C. The Bertz CT molecular complexity index is 448. The average molecular weight is 270 g/mol. The quantitative estimate of drug-likeness (QED) is 0.842. The van der Waals surface area contributed by atoms with Gasteiger partial charge in [0.15, 0.2) is 5.69 Å². The smallest absolute Gasteiger partial charge is 0.360 e. The topological polar surface area (TPSA) is 87.6 Å². The Hall–Kier alpha value is -1.40. The maximum absolute atomic E-state index is 11.5. The third-order valence-corrected chi connectivity index (χ3v) is 2.52. The van der Waals surface area contributed by atoms with Crippen LogP contribution < -0.4 is 5.73 Å². The second-order valence-corrected chi connectivity index (χ2v) is 5.41. The summed E-state index contributed by atoms with van der Waals surface area (Å²) in [7, 11) is 1.29. The highest BCUT2D eigenvalue weighted by Crippen LogP contribution is 2.23. The van der Waals surface area contributed by atoms with Gasteiger partial charge in [-0.25, -0.2) is 9.78 Å². The molecular weight excluding hydrogens is 248 g/mol. The summed E-state index contributed by atoms with van der Waals surface area (Å²) < 4.78 is 15.8. The largest absolute Gasteiger partial charge is 0.464 e. The first kappa shape index (κ1) is 15.7. The third kappa shape index (κ3) is 4.04. The molecule has 1 rings (SSSR count). The molecule has 0 aliphatic heterocycles. The van der Waals surface area contributed by atoms with E-state index in [2.05, 4.69) is 9.72 Å². The minimum absolute atomic E-state index is 0.149. The second-order valence-electron chi connectivity index (χ2n) is 5.41. The molecule has 0 aromatic carbocycles. The Kier molecular flexibility index (Phi) is 4.70. The van der Waals surface area contributed by atoms with E-state index in [0.29, 0.717) is 5.76 Å². The molecular formula is C13H22N2O4. The summed E-state index contributed by atoms with van der Waals surface area (Å²) in [5.41, 5.74) is 5.87. The number of aryl methyl sites for hydroxylation is 1. The van der Waals surface area contributed by atoms with Gasteiger partial charge in [0.05, 0.1) is 18.8 Å². The number of hydrogen-bond acceptors (Lipinski definition) is 6. The molecule has 0 bridgehead atoms. The molecule has 0 spiro atoms. The van der Waals surface area contributed by atoms with Crippen LogP contribution in [0.1, 0.15) is 55.9 Å². The number of hydrogen-bond donors (Lipinski definition) is 1. The molecule has 0 amide bonds. The van der Waals surface area contributed by atoms with Crippen LogP contribution in [0.15, 0.2) is 4.42 Å². The van der Waals surface area contributed by atoms with Gasteiger partial charge in [0.25, 0.3) is 0 Å². The van der Waals surface area contributed by atoms with Crippen molar-refractivity contribution in [3.63, 3.8) is 0 Å². The number of methoxy groups -OCH3 is 1. The molecule has 108 valence electrons. The first-order valence-corrected chi connectivity index (χ1v) is 6.14. The van der Waals surface area contributed by atoms with Crippen LogP contribution in [0.5, 0.6) is 0 Å². The van der Waals surface area contributed by atoms with Gasteiger partial charge in [0.1, 0.15) is 11.8 Å². The van der Waals surface area contributed by atoms with E-state index >= 15 is 0 Å². The van der Waals surface area contributed by atoms with Crippen molar-refractivity contribution in [3.8, 4) is 0 Å². The van der Waals surface area contributed by atoms with Gasteiger partial charge < -0.3 is 19.6 Å². The van der Waals surface area contributed by atoms with Crippen molar-refractivity contribution in [1.82, 2.24) is 4.98 Å². The van der Waals surface area contributed by atoms with Gasteiger partial charge in [-0.3, -0.25) is 0 Å². The second kappa shape index (κ2) is 5.71. The van der Waals surface area contributed by atoms with E-state index in [1.807, 2.05) is 27.7 Å². The van der Waals surface area contributed by atoms with Crippen molar-refractivity contribution in [1.29, 1.82) is 0 Å². The highest BCUT2D eigenvalue weighted by Gasteiger charge is 2.27. The van der Waals surface area contributed by atoms with Gasteiger partial charge in [-0.05, 0) is 34.6 Å². The Morgan fingerprint density at radius 2 is 2.00 bits per heavy atom. The van der Waals surface area contributed by atoms with Crippen LogP contribution in [0.2, 0.25) is 0 Å². The molecule has 0 saturated carbocycles. The Morgan fingerprint density at radius 1 is 1.42 bits per heavy atom. The molecule has 1 aromatic rings. The van der Waals surface area contributed by atoms with Crippen LogP contribution in [0.25, 0.3) is 0 Å². The Morgan fingerprint density at radius 3 is 2.47 bits per heavy atom. The maximum Gasteiger partial charge on any atom is 0.360 e. The van der Waals surface area contributed by atoms with Crippen LogP contribution in [-0.4, -0.2) is 29.8 Å². The lowest BCUT2D eigenvalue weighted by Crippen LogP contribution is -2.33. The fourth-order valence-corrected chi connectivity index (χ4v) is 1.68. The monoisotopic (exact) mass is 270 g/mol.